The summed E-state index contributed by atoms with van der Waals surface area (Å²) in [6.07, 6.45) is 0. The first kappa shape index (κ1) is 17.4. The van der Waals surface area contributed by atoms with Gasteiger partial charge in [0.15, 0.2) is 0 Å². The van der Waals surface area contributed by atoms with Gasteiger partial charge in [-0.05, 0) is 36.6 Å². The Balaban J connectivity index is 2.46. The Hall–Kier alpha value is -2.39. The summed E-state index contributed by atoms with van der Waals surface area (Å²) in [5, 5.41) is 1.46. The number of aromatic nitrogens is 1. The monoisotopic (exact) mass is 353 g/mol. The van der Waals surface area contributed by atoms with Crippen LogP contribution in [-0.2, 0) is 4.74 Å². The Labute approximate surface area is 152 Å². The first-order valence-corrected chi connectivity index (χ1v) is 8.76. The second-order valence-corrected chi connectivity index (χ2v) is 6.59. The van der Waals surface area contributed by atoms with Crippen LogP contribution < -0.4 is 0 Å². The predicted molar refractivity (Wildman–Crippen MR) is 102 cm³/mol. The molecule has 0 atom stereocenters. The number of halogens is 1. The fourth-order valence-corrected chi connectivity index (χ4v) is 3.16. The fourth-order valence-electron chi connectivity index (χ4n) is 2.99. The van der Waals surface area contributed by atoms with E-state index in [0.29, 0.717) is 17.2 Å². The lowest BCUT2D eigenvalue weighted by atomic mass is 9.91. The molecular formula is C21H20ClNO2. The highest BCUT2D eigenvalue weighted by molar-refractivity contribution is 6.31. The van der Waals surface area contributed by atoms with Gasteiger partial charge < -0.3 is 4.74 Å². The number of rotatable bonds is 4. The molecule has 0 aliphatic heterocycles. The van der Waals surface area contributed by atoms with Gasteiger partial charge in [0, 0.05) is 16.0 Å². The Bertz CT molecular complexity index is 920. The third-order valence-electron chi connectivity index (χ3n) is 4.06. The number of carbonyl (C=O) groups excluding carboxylic acids is 1. The maximum Gasteiger partial charge on any atom is 0.340 e. The minimum absolute atomic E-state index is 0.0851. The third kappa shape index (κ3) is 3.38. The molecule has 0 aliphatic rings. The van der Waals surface area contributed by atoms with Crippen LogP contribution in [0.2, 0.25) is 5.02 Å². The van der Waals surface area contributed by atoms with Crippen LogP contribution in [0.15, 0.2) is 48.5 Å². The van der Waals surface area contributed by atoms with Crippen LogP contribution in [-0.4, -0.2) is 17.6 Å². The van der Waals surface area contributed by atoms with Crippen molar-refractivity contribution in [2.75, 3.05) is 6.61 Å². The first-order chi connectivity index (χ1) is 12.0. The molecule has 0 saturated heterocycles. The quantitative estimate of drug-likeness (QED) is 0.552. The molecule has 1 heterocycles. The van der Waals surface area contributed by atoms with E-state index in [1.807, 2.05) is 62.4 Å². The van der Waals surface area contributed by atoms with Gasteiger partial charge in [0.25, 0.3) is 0 Å². The second-order valence-electron chi connectivity index (χ2n) is 6.15. The van der Waals surface area contributed by atoms with Crippen LogP contribution in [0.5, 0.6) is 0 Å². The highest BCUT2D eigenvalue weighted by Crippen LogP contribution is 2.37. The zero-order chi connectivity index (χ0) is 18.0. The highest BCUT2D eigenvalue weighted by atomic mass is 35.5. The van der Waals surface area contributed by atoms with E-state index in [0.717, 1.165) is 27.7 Å². The molecule has 128 valence electrons. The number of fused-ring (bicyclic) bond motifs is 1. The second kappa shape index (κ2) is 7.24. The first-order valence-electron chi connectivity index (χ1n) is 8.38. The molecule has 0 saturated carbocycles. The van der Waals surface area contributed by atoms with E-state index in [4.69, 9.17) is 21.3 Å². The van der Waals surface area contributed by atoms with E-state index < -0.39 is 0 Å². The van der Waals surface area contributed by atoms with Gasteiger partial charge in [0.2, 0.25) is 0 Å². The predicted octanol–water partition coefficient (Wildman–Crippen LogP) is 5.86. The van der Waals surface area contributed by atoms with Gasteiger partial charge in [0.1, 0.15) is 0 Å². The minimum atomic E-state index is -0.348. The molecule has 0 spiro atoms. The van der Waals surface area contributed by atoms with Crippen LogP contribution in [0.25, 0.3) is 22.0 Å². The van der Waals surface area contributed by atoms with E-state index in [9.17, 15) is 4.79 Å². The molecule has 2 aromatic carbocycles. The summed E-state index contributed by atoms with van der Waals surface area (Å²) in [5.74, 6) is -0.263. The van der Waals surface area contributed by atoms with Crippen molar-refractivity contribution in [3.63, 3.8) is 0 Å². The van der Waals surface area contributed by atoms with E-state index in [1.54, 1.807) is 6.92 Å². The molecule has 4 heteroatoms. The molecule has 0 fully saturated rings. The lowest BCUT2D eigenvalue weighted by Crippen LogP contribution is -2.13. The van der Waals surface area contributed by atoms with Crippen LogP contribution in [0, 0.1) is 0 Å². The molecule has 3 nitrogen and oxygen atoms in total. The standard InChI is InChI=1S/C21H20ClNO2/c1-4-25-21(24)19-18(14-8-6-5-7-9-14)16-12-15(22)10-11-17(16)23-20(19)13(2)3/h5-13H,4H2,1-3H3. The van der Waals surface area contributed by atoms with Gasteiger partial charge in [-0.2, -0.15) is 0 Å². The van der Waals surface area contributed by atoms with E-state index in [2.05, 4.69) is 0 Å². The van der Waals surface area contributed by atoms with Crippen molar-refractivity contribution in [1.82, 2.24) is 4.98 Å². The molecule has 0 N–H and O–H groups in total. The van der Waals surface area contributed by atoms with Gasteiger partial charge in [-0.1, -0.05) is 55.8 Å². The maximum atomic E-state index is 12.8. The molecule has 1 aromatic heterocycles. The van der Waals surface area contributed by atoms with Gasteiger partial charge in [-0.3, -0.25) is 4.98 Å². The van der Waals surface area contributed by atoms with Crippen molar-refractivity contribution >= 4 is 28.5 Å². The van der Waals surface area contributed by atoms with E-state index >= 15 is 0 Å². The molecule has 3 rings (SSSR count). The van der Waals surface area contributed by atoms with Crippen molar-refractivity contribution in [1.29, 1.82) is 0 Å². The Morgan fingerprint density at radius 1 is 1.16 bits per heavy atom. The number of hydrogen-bond donors (Lipinski definition) is 0. The zero-order valence-electron chi connectivity index (χ0n) is 14.5. The number of hydrogen-bond acceptors (Lipinski definition) is 3. The fraction of sp³-hybridized carbons (Fsp3) is 0.238. The minimum Gasteiger partial charge on any atom is -0.462 e. The molecular weight excluding hydrogens is 334 g/mol. The van der Waals surface area contributed by atoms with Gasteiger partial charge >= 0.3 is 5.97 Å². The van der Waals surface area contributed by atoms with Gasteiger partial charge in [-0.15, -0.1) is 0 Å². The van der Waals surface area contributed by atoms with E-state index in [-0.39, 0.29) is 11.9 Å². The van der Waals surface area contributed by atoms with E-state index in [1.165, 1.54) is 0 Å². The average Bonchev–Trinajstić information content (AvgIpc) is 2.61. The van der Waals surface area contributed by atoms with Crippen LogP contribution in [0.4, 0.5) is 0 Å². The smallest absolute Gasteiger partial charge is 0.340 e. The summed E-state index contributed by atoms with van der Waals surface area (Å²) in [6, 6.07) is 15.4. The SMILES string of the molecule is CCOC(=O)c1c(C(C)C)nc2ccc(Cl)cc2c1-c1ccccc1. The number of ether oxygens (including phenoxy) is 1. The van der Waals surface area contributed by atoms with Gasteiger partial charge in [0.05, 0.1) is 23.4 Å². The number of benzene rings is 2. The molecule has 0 amide bonds. The summed E-state index contributed by atoms with van der Waals surface area (Å²) in [6.45, 7) is 6.18. The third-order valence-corrected chi connectivity index (χ3v) is 4.30. The summed E-state index contributed by atoms with van der Waals surface area (Å²) < 4.78 is 5.35. The normalized spacial score (nSPS) is 11.1. The van der Waals surface area contributed by atoms with Crippen molar-refractivity contribution in [2.45, 2.75) is 26.7 Å². The molecule has 0 unspecified atom stereocenters. The molecule has 0 radical (unpaired) electrons. The summed E-state index contributed by atoms with van der Waals surface area (Å²) in [4.78, 5) is 17.5. The number of nitrogens with zero attached hydrogens (tertiary/aromatic N) is 1. The summed E-state index contributed by atoms with van der Waals surface area (Å²) in [5.41, 5.74) is 3.86. The zero-order valence-corrected chi connectivity index (χ0v) is 15.3. The number of carbonyl (C=O) groups is 1. The molecule has 0 bridgehead atoms. The van der Waals surface area contributed by atoms with Gasteiger partial charge in [-0.25, -0.2) is 4.79 Å². The lowest BCUT2D eigenvalue weighted by molar-refractivity contribution is 0.0525. The number of pyridine rings is 1. The van der Waals surface area contributed by atoms with Crippen molar-refractivity contribution in [3.8, 4) is 11.1 Å². The largest absolute Gasteiger partial charge is 0.462 e. The van der Waals surface area contributed by atoms with Crippen molar-refractivity contribution < 1.29 is 9.53 Å². The Kier molecular flexibility index (Phi) is 5.05. The van der Waals surface area contributed by atoms with Crippen LogP contribution in [0.1, 0.15) is 42.7 Å². The average molecular weight is 354 g/mol. The van der Waals surface area contributed by atoms with Crippen molar-refractivity contribution in [2.24, 2.45) is 0 Å². The number of esters is 1. The Morgan fingerprint density at radius 3 is 2.52 bits per heavy atom. The maximum absolute atomic E-state index is 12.8. The molecule has 25 heavy (non-hydrogen) atoms. The molecule has 3 aromatic rings. The topological polar surface area (TPSA) is 39.2 Å². The van der Waals surface area contributed by atoms with Crippen LogP contribution >= 0.6 is 11.6 Å². The summed E-state index contributed by atoms with van der Waals surface area (Å²) in [7, 11) is 0. The summed E-state index contributed by atoms with van der Waals surface area (Å²) >= 11 is 6.23. The highest BCUT2D eigenvalue weighted by Gasteiger charge is 2.24. The van der Waals surface area contributed by atoms with Crippen molar-refractivity contribution in [3.05, 3.63) is 64.8 Å². The lowest BCUT2D eigenvalue weighted by Gasteiger charge is -2.18. The Morgan fingerprint density at radius 2 is 1.88 bits per heavy atom. The molecule has 0 aliphatic carbocycles. The van der Waals surface area contributed by atoms with Crippen LogP contribution in [0.3, 0.4) is 0 Å².